The highest BCUT2D eigenvalue weighted by Gasteiger charge is 2.21. The van der Waals surface area contributed by atoms with E-state index in [9.17, 15) is 8.42 Å². The van der Waals surface area contributed by atoms with Gasteiger partial charge >= 0.3 is 0 Å². The molecular weight excluding hydrogens is 398 g/mol. The summed E-state index contributed by atoms with van der Waals surface area (Å²) in [7, 11) is -2.84. The molecule has 1 saturated heterocycles. The Bertz CT molecular complexity index is 1230. The molecule has 1 aromatic carbocycles. The quantitative estimate of drug-likeness (QED) is 0.661. The summed E-state index contributed by atoms with van der Waals surface area (Å²) in [5, 5.41) is 4.42. The van der Waals surface area contributed by atoms with Crippen molar-refractivity contribution in [1.82, 2.24) is 14.9 Å². The SMILES string of the molecule is O=S1(=O)CCN(Cc2ccc(Nc3cc4[nH]c(C5=CCN=C5)cc4cn3)cc2)CC1. The van der Waals surface area contributed by atoms with E-state index in [-0.39, 0.29) is 11.5 Å². The van der Waals surface area contributed by atoms with Crippen LogP contribution in [0.1, 0.15) is 11.3 Å². The topological polar surface area (TPSA) is 90.5 Å². The lowest BCUT2D eigenvalue weighted by Crippen LogP contribution is -2.39. The number of rotatable bonds is 5. The zero-order valence-corrected chi connectivity index (χ0v) is 17.3. The first-order valence-electron chi connectivity index (χ1n) is 10.0. The number of nitrogens with zero attached hydrogens (tertiary/aromatic N) is 3. The minimum atomic E-state index is -2.84. The highest BCUT2D eigenvalue weighted by molar-refractivity contribution is 7.91. The minimum absolute atomic E-state index is 0.255. The van der Waals surface area contributed by atoms with E-state index in [1.807, 2.05) is 30.6 Å². The van der Waals surface area contributed by atoms with E-state index < -0.39 is 9.84 Å². The Kier molecular flexibility index (Phi) is 4.88. The molecule has 4 heterocycles. The molecule has 154 valence electrons. The van der Waals surface area contributed by atoms with E-state index in [4.69, 9.17) is 0 Å². The van der Waals surface area contributed by atoms with Crippen molar-refractivity contribution in [2.45, 2.75) is 6.54 Å². The molecule has 5 rings (SSSR count). The molecule has 8 heteroatoms. The lowest BCUT2D eigenvalue weighted by molar-refractivity contribution is 0.287. The Hall–Kier alpha value is -2.97. The number of allylic oxidation sites excluding steroid dienone is 1. The van der Waals surface area contributed by atoms with Crippen LogP contribution in [-0.2, 0) is 16.4 Å². The lowest BCUT2D eigenvalue weighted by atomic mass is 10.2. The molecule has 0 saturated carbocycles. The van der Waals surface area contributed by atoms with Crippen molar-refractivity contribution in [3.8, 4) is 0 Å². The average molecular weight is 422 g/mol. The van der Waals surface area contributed by atoms with E-state index in [0.717, 1.165) is 46.8 Å². The van der Waals surface area contributed by atoms with E-state index in [0.29, 0.717) is 13.1 Å². The molecule has 1 fully saturated rings. The highest BCUT2D eigenvalue weighted by atomic mass is 32.2. The van der Waals surface area contributed by atoms with Gasteiger partial charge in [0.05, 0.1) is 23.6 Å². The molecule has 0 atom stereocenters. The van der Waals surface area contributed by atoms with Crippen LogP contribution in [0.2, 0.25) is 0 Å². The predicted molar refractivity (Wildman–Crippen MR) is 121 cm³/mol. The second-order valence-corrected chi connectivity index (χ2v) is 10.0. The van der Waals surface area contributed by atoms with Crippen LogP contribution in [0.15, 0.2) is 53.7 Å². The highest BCUT2D eigenvalue weighted by Crippen LogP contribution is 2.24. The number of fused-ring (bicyclic) bond motifs is 1. The largest absolute Gasteiger partial charge is 0.354 e. The van der Waals surface area contributed by atoms with E-state index >= 15 is 0 Å². The van der Waals surface area contributed by atoms with Crippen molar-refractivity contribution in [3.05, 3.63) is 59.9 Å². The Labute approximate surface area is 175 Å². The summed E-state index contributed by atoms with van der Waals surface area (Å²) in [6, 6.07) is 12.3. The maximum Gasteiger partial charge on any atom is 0.152 e. The van der Waals surface area contributed by atoms with Crippen LogP contribution in [0.5, 0.6) is 0 Å². The first kappa shape index (κ1) is 19.0. The number of hydrogen-bond donors (Lipinski definition) is 2. The Morgan fingerprint density at radius 3 is 2.63 bits per heavy atom. The molecule has 7 nitrogen and oxygen atoms in total. The molecule has 0 amide bonds. The van der Waals surface area contributed by atoms with Gasteiger partial charge in [-0.25, -0.2) is 13.4 Å². The standard InChI is InChI=1S/C22H23N5O2S/c28-30(29)9-7-27(8-10-30)15-16-1-3-19(4-2-16)25-22-12-21-18(14-24-22)11-20(26-21)17-5-6-23-13-17/h1-5,11-14,26H,6-10,15H2,(H,24,25). The van der Waals surface area contributed by atoms with Gasteiger partial charge in [-0.3, -0.25) is 9.89 Å². The molecule has 0 radical (unpaired) electrons. The Morgan fingerprint density at radius 2 is 1.90 bits per heavy atom. The number of aromatic nitrogens is 2. The van der Waals surface area contributed by atoms with Crippen molar-refractivity contribution in [1.29, 1.82) is 0 Å². The Morgan fingerprint density at radius 1 is 1.10 bits per heavy atom. The maximum absolute atomic E-state index is 11.6. The first-order chi connectivity index (χ1) is 14.5. The number of H-pyrrole nitrogens is 1. The number of sulfone groups is 1. The predicted octanol–water partition coefficient (Wildman–Crippen LogP) is 3.00. The van der Waals surface area contributed by atoms with Crippen molar-refractivity contribution in [3.63, 3.8) is 0 Å². The van der Waals surface area contributed by atoms with Gasteiger partial charge in [-0.1, -0.05) is 18.2 Å². The van der Waals surface area contributed by atoms with Gasteiger partial charge in [0.1, 0.15) is 5.82 Å². The smallest absolute Gasteiger partial charge is 0.152 e. The molecule has 30 heavy (non-hydrogen) atoms. The normalized spacial score (nSPS) is 18.6. The second kappa shape index (κ2) is 7.70. The Balaban J connectivity index is 1.25. The third kappa shape index (κ3) is 4.15. The third-order valence-electron chi connectivity index (χ3n) is 5.53. The number of anilines is 2. The van der Waals surface area contributed by atoms with Crippen molar-refractivity contribution in [2.24, 2.45) is 4.99 Å². The van der Waals surface area contributed by atoms with Crippen LogP contribution in [0.4, 0.5) is 11.5 Å². The fourth-order valence-electron chi connectivity index (χ4n) is 3.79. The maximum atomic E-state index is 11.6. The number of nitrogens with one attached hydrogen (secondary N) is 2. The van der Waals surface area contributed by atoms with Gasteiger partial charge in [0.15, 0.2) is 9.84 Å². The fraction of sp³-hybridized carbons (Fsp3) is 0.273. The van der Waals surface area contributed by atoms with Crippen LogP contribution >= 0.6 is 0 Å². The zero-order valence-electron chi connectivity index (χ0n) is 16.5. The molecular formula is C22H23N5O2S. The van der Waals surface area contributed by atoms with Gasteiger partial charge in [0, 0.05) is 60.5 Å². The molecule has 2 aliphatic rings. The molecule has 0 aliphatic carbocycles. The van der Waals surface area contributed by atoms with Crippen molar-refractivity contribution in [2.75, 3.05) is 36.5 Å². The van der Waals surface area contributed by atoms with Crippen molar-refractivity contribution < 1.29 is 8.42 Å². The van der Waals surface area contributed by atoms with Gasteiger partial charge in [0.25, 0.3) is 0 Å². The molecule has 0 bridgehead atoms. The average Bonchev–Trinajstić information content (AvgIpc) is 3.40. The first-order valence-corrected chi connectivity index (χ1v) is 11.8. The van der Waals surface area contributed by atoms with Crippen LogP contribution in [0.25, 0.3) is 16.5 Å². The van der Waals surface area contributed by atoms with Crippen LogP contribution < -0.4 is 5.32 Å². The van der Waals surface area contributed by atoms with Gasteiger partial charge in [-0.15, -0.1) is 0 Å². The summed E-state index contributed by atoms with van der Waals surface area (Å²) >= 11 is 0. The monoisotopic (exact) mass is 421 g/mol. The van der Waals surface area contributed by atoms with Gasteiger partial charge in [-0.2, -0.15) is 0 Å². The number of aliphatic imine (C=N–C) groups is 1. The van der Waals surface area contributed by atoms with Gasteiger partial charge in [0.2, 0.25) is 0 Å². The number of pyridine rings is 1. The number of benzene rings is 1. The summed E-state index contributed by atoms with van der Waals surface area (Å²) in [4.78, 5) is 14.4. The molecule has 2 aliphatic heterocycles. The second-order valence-electron chi connectivity index (χ2n) is 7.74. The van der Waals surface area contributed by atoms with E-state index in [1.165, 1.54) is 5.56 Å². The van der Waals surface area contributed by atoms with Crippen LogP contribution in [0, 0.1) is 0 Å². The van der Waals surface area contributed by atoms with Crippen molar-refractivity contribution >= 4 is 44.0 Å². The van der Waals surface area contributed by atoms with Gasteiger partial charge < -0.3 is 10.3 Å². The summed E-state index contributed by atoms with van der Waals surface area (Å²) in [5.74, 6) is 1.29. The molecule has 3 aromatic rings. The third-order valence-corrected chi connectivity index (χ3v) is 7.14. The van der Waals surface area contributed by atoms with Gasteiger partial charge in [-0.05, 0) is 23.8 Å². The van der Waals surface area contributed by atoms with E-state index in [2.05, 4.69) is 49.5 Å². The summed E-state index contributed by atoms with van der Waals surface area (Å²) < 4.78 is 23.1. The number of hydrogen-bond acceptors (Lipinski definition) is 6. The molecule has 0 unspecified atom stereocenters. The van der Waals surface area contributed by atoms with Crippen LogP contribution in [0.3, 0.4) is 0 Å². The summed E-state index contributed by atoms with van der Waals surface area (Å²) in [5.41, 5.74) is 5.33. The summed E-state index contributed by atoms with van der Waals surface area (Å²) in [6.07, 6.45) is 5.85. The fourth-order valence-corrected chi connectivity index (χ4v) is 5.07. The molecule has 2 aromatic heterocycles. The molecule has 0 spiro atoms. The minimum Gasteiger partial charge on any atom is -0.354 e. The zero-order chi connectivity index (χ0) is 20.6. The molecule has 2 N–H and O–H groups in total. The number of aromatic amines is 1. The lowest BCUT2D eigenvalue weighted by Gasteiger charge is -2.26. The van der Waals surface area contributed by atoms with E-state index in [1.54, 1.807) is 0 Å². The van der Waals surface area contributed by atoms with Crippen LogP contribution in [-0.4, -0.2) is 60.6 Å². The summed E-state index contributed by atoms with van der Waals surface area (Å²) in [6.45, 7) is 2.72.